The monoisotopic (exact) mass is 361 g/mol. The van der Waals surface area contributed by atoms with Gasteiger partial charge in [0.2, 0.25) is 0 Å². The normalized spacial score (nSPS) is 9.96. The van der Waals surface area contributed by atoms with Gasteiger partial charge in [-0.25, -0.2) is 4.39 Å². The number of hydrogen-bond donors (Lipinski definition) is 0. The van der Waals surface area contributed by atoms with E-state index in [1.165, 1.54) is 0 Å². The minimum Gasteiger partial charge on any atom is -0.305 e. The number of benzene rings is 2. The van der Waals surface area contributed by atoms with Crippen LogP contribution in [0.2, 0.25) is 0 Å². The van der Waals surface area contributed by atoms with Crippen LogP contribution in [0.3, 0.4) is 0 Å². The summed E-state index contributed by atoms with van der Waals surface area (Å²) in [7, 11) is 3.84. The first-order valence-corrected chi connectivity index (χ1v) is 8.52. The second-order valence-corrected chi connectivity index (χ2v) is 6.20. The van der Waals surface area contributed by atoms with Gasteiger partial charge in [-0.1, -0.05) is 43.8 Å². The molecule has 2 rings (SSSR count). The van der Waals surface area contributed by atoms with Gasteiger partial charge in [0.1, 0.15) is 11.9 Å². The summed E-state index contributed by atoms with van der Waals surface area (Å²) in [6, 6.07) is 11.1. The summed E-state index contributed by atoms with van der Waals surface area (Å²) >= 11 is 1.13. The molecule has 0 N–H and O–H groups in total. The molecule has 0 fully saturated rings. The fourth-order valence-electron chi connectivity index (χ4n) is 2.05. The maximum Gasteiger partial charge on any atom is 0.284 e. The van der Waals surface area contributed by atoms with Crippen molar-refractivity contribution in [2.75, 3.05) is 14.1 Å². The lowest BCUT2D eigenvalue weighted by Gasteiger charge is -2.14. The molecular weight excluding hydrogens is 341 g/mol. The van der Waals surface area contributed by atoms with Gasteiger partial charge in [0.05, 0.1) is 15.4 Å². The Morgan fingerprint density at radius 1 is 1.24 bits per heavy atom. The van der Waals surface area contributed by atoms with E-state index in [4.69, 9.17) is 5.26 Å². The van der Waals surface area contributed by atoms with Crippen molar-refractivity contribution in [3.63, 3.8) is 0 Å². The molecule has 0 amide bonds. The standard InChI is InChI=1S/C16H14FN3O2S.C2H6/c1-19(2)10-11-5-3-4-6-15(11)23-16-8-13(17)12(9-18)7-14(16)20(21)22;1-2/h3-8H,10H2,1-2H3;1-2H3. The van der Waals surface area contributed by atoms with E-state index in [0.717, 1.165) is 34.4 Å². The van der Waals surface area contributed by atoms with Crippen LogP contribution in [0.25, 0.3) is 0 Å². The molecular formula is C18H20FN3O2S. The lowest BCUT2D eigenvalue weighted by molar-refractivity contribution is -0.387. The molecule has 0 saturated carbocycles. The quantitative estimate of drug-likeness (QED) is 0.563. The smallest absolute Gasteiger partial charge is 0.284 e. The SMILES string of the molecule is CC.CN(C)Cc1ccccc1Sc1cc(F)c(C#N)cc1[N+](=O)[O-]. The minimum atomic E-state index is -0.759. The number of nitrogens with zero attached hydrogens (tertiary/aromatic N) is 3. The van der Waals surface area contributed by atoms with Crippen molar-refractivity contribution in [2.24, 2.45) is 0 Å². The molecule has 0 saturated heterocycles. The molecule has 0 heterocycles. The molecule has 0 aliphatic carbocycles. The van der Waals surface area contributed by atoms with Gasteiger partial charge in [-0.05, 0) is 31.8 Å². The molecule has 0 bridgehead atoms. The van der Waals surface area contributed by atoms with Crippen LogP contribution in [0, 0.1) is 27.3 Å². The summed E-state index contributed by atoms with van der Waals surface area (Å²) in [6.45, 7) is 4.66. The van der Waals surface area contributed by atoms with Crippen LogP contribution < -0.4 is 0 Å². The molecule has 0 atom stereocenters. The number of nitriles is 1. The van der Waals surface area contributed by atoms with Gasteiger partial charge in [-0.3, -0.25) is 10.1 Å². The summed E-state index contributed by atoms with van der Waals surface area (Å²) in [5.74, 6) is -0.759. The highest BCUT2D eigenvalue weighted by Gasteiger charge is 2.20. The third-order valence-corrected chi connectivity index (χ3v) is 4.21. The largest absolute Gasteiger partial charge is 0.305 e. The van der Waals surface area contributed by atoms with Crippen LogP contribution in [0.15, 0.2) is 46.2 Å². The summed E-state index contributed by atoms with van der Waals surface area (Å²) in [5.41, 5.74) is 0.386. The van der Waals surface area contributed by atoms with E-state index in [0.29, 0.717) is 6.54 Å². The van der Waals surface area contributed by atoms with Gasteiger partial charge < -0.3 is 4.90 Å². The van der Waals surface area contributed by atoms with Gasteiger partial charge in [-0.15, -0.1) is 0 Å². The maximum atomic E-state index is 13.8. The first-order valence-electron chi connectivity index (χ1n) is 7.71. The maximum absolute atomic E-state index is 13.8. The molecule has 0 aromatic heterocycles. The molecule has 2 aromatic rings. The predicted molar refractivity (Wildman–Crippen MR) is 97.1 cm³/mol. The predicted octanol–water partition coefficient (Wildman–Crippen LogP) is 4.84. The summed E-state index contributed by atoms with van der Waals surface area (Å²) < 4.78 is 13.8. The topological polar surface area (TPSA) is 70.2 Å². The molecule has 0 aliphatic heterocycles. The molecule has 0 radical (unpaired) electrons. The van der Waals surface area contributed by atoms with E-state index in [-0.39, 0.29) is 16.1 Å². The fourth-order valence-corrected chi connectivity index (χ4v) is 3.09. The van der Waals surface area contributed by atoms with Crippen molar-refractivity contribution in [3.05, 3.63) is 63.5 Å². The highest BCUT2D eigenvalue weighted by molar-refractivity contribution is 7.99. The summed E-state index contributed by atoms with van der Waals surface area (Å²) in [4.78, 5) is 13.6. The van der Waals surface area contributed by atoms with Crippen LogP contribution in [-0.4, -0.2) is 23.9 Å². The third kappa shape index (κ3) is 5.55. The molecule has 7 heteroatoms. The highest BCUT2D eigenvalue weighted by atomic mass is 32.2. The first-order chi connectivity index (χ1) is 11.9. The van der Waals surface area contributed by atoms with Gasteiger partial charge >= 0.3 is 0 Å². The molecule has 5 nitrogen and oxygen atoms in total. The van der Waals surface area contributed by atoms with E-state index in [9.17, 15) is 14.5 Å². The van der Waals surface area contributed by atoms with Crippen LogP contribution in [0.1, 0.15) is 25.0 Å². The van der Waals surface area contributed by atoms with Gasteiger partial charge in [0, 0.05) is 17.5 Å². The van der Waals surface area contributed by atoms with Crippen molar-refractivity contribution >= 4 is 17.4 Å². The Bertz CT molecular complexity index is 788. The Morgan fingerprint density at radius 3 is 2.44 bits per heavy atom. The Hall–Kier alpha value is -2.43. The molecule has 0 unspecified atom stereocenters. The van der Waals surface area contributed by atoms with Gasteiger partial charge in [0.15, 0.2) is 0 Å². The lowest BCUT2D eigenvalue weighted by Crippen LogP contribution is -2.11. The zero-order chi connectivity index (χ0) is 19.0. The van der Waals surface area contributed by atoms with Crippen molar-refractivity contribution in [1.82, 2.24) is 4.90 Å². The van der Waals surface area contributed by atoms with E-state index in [1.807, 2.05) is 57.1 Å². The van der Waals surface area contributed by atoms with Gasteiger partial charge in [0.25, 0.3) is 5.69 Å². The average molecular weight is 361 g/mol. The van der Waals surface area contributed by atoms with Crippen LogP contribution in [0.4, 0.5) is 10.1 Å². The lowest BCUT2D eigenvalue weighted by atomic mass is 10.2. The van der Waals surface area contributed by atoms with Crippen LogP contribution in [-0.2, 0) is 6.54 Å². The van der Waals surface area contributed by atoms with Crippen molar-refractivity contribution in [1.29, 1.82) is 5.26 Å². The molecule has 25 heavy (non-hydrogen) atoms. The van der Waals surface area contributed by atoms with Gasteiger partial charge in [-0.2, -0.15) is 5.26 Å². The average Bonchev–Trinajstić information content (AvgIpc) is 2.58. The summed E-state index contributed by atoms with van der Waals surface area (Å²) in [6.07, 6.45) is 0. The Labute approximate surface area is 151 Å². The Morgan fingerprint density at radius 2 is 1.88 bits per heavy atom. The van der Waals surface area contributed by atoms with E-state index in [1.54, 1.807) is 6.07 Å². The van der Waals surface area contributed by atoms with Crippen molar-refractivity contribution in [2.45, 2.75) is 30.2 Å². The second-order valence-electron chi connectivity index (χ2n) is 5.12. The van der Waals surface area contributed by atoms with E-state index >= 15 is 0 Å². The van der Waals surface area contributed by atoms with E-state index < -0.39 is 10.7 Å². The second kappa shape index (κ2) is 9.77. The summed E-state index contributed by atoms with van der Waals surface area (Å²) in [5, 5.41) is 20.0. The number of nitro benzene ring substituents is 1. The van der Waals surface area contributed by atoms with Crippen molar-refractivity contribution in [3.8, 4) is 6.07 Å². The first kappa shape index (κ1) is 20.6. The molecule has 0 spiro atoms. The third-order valence-electron chi connectivity index (χ3n) is 3.04. The van der Waals surface area contributed by atoms with Crippen molar-refractivity contribution < 1.29 is 9.31 Å². The molecule has 2 aromatic carbocycles. The number of hydrogen-bond acceptors (Lipinski definition) is 5. The minimum absolute atomic E-state index is 0.178. The van der Waals surface area contributed by atoms with Crippen LogP contribution in [0.5, 0.6) is 0 Å². The molecule has 0 aliphatic rings. The number of halogens is 1. The highest BCUT2D eigenvalue weighted by Crippen LogP contribution is 2.38. The zero-order valence-electron chi connectivity index (χ0n) is 14.6. The molecule has 132 valence electrons. The Balaban J connectivity index is 0.00000151. The number of rotatable bonds is 5. The zero-order valence-corrected chi connectivity index (χ0v) is 15.4. The van der Waals surface area contributed by atoms with Crippen LogP contribution >= 0.6 is 11.8 Å². The van der Waals surface area contributed by atoms with E-state index in [2.05, 4.69) is 0 Å². The fraction of sp³-hybridized carbons (Fsp3) is 0.278. The number of nitro groups is 1. The Kier molecular flexibility index (Phi) is 8.05.